The molecule has 1 heterocycles. The Bertz CT molecular complexity index is 433. The van der Waals surface area contributed by atoms with Crippen molar-refractivity contribution in [2.45, 2.75) is 64.5 Å². The minimum absolute atomic E-state index is 0.178. The van der Waals surface area contributed by atoms with Gasteiger partial charge < -0.3 is 5.32 Å². The summed E-state index contributed by atoms with van der Waals surface area (Å²) in [6.07, 6.45) is 8.83. The van der Waals surface area contributed by atoms with Gasteiger partial charge in [0.1, 0.15) is 0 Å². The van der Waals surface area contributed by atoms with Crippen molar-refractivity contribution in [3.05, 3.63) is 5.82 Å². The Kier molecular flexibility index (Phi) is 2.88. The van der Waals surface area contributed by atoms with E-state index >= 15 is 0 Å². The molecule has 4 fully saturated rings. The van der Waals surface area contributed by atoms with Gasteiger partial charge in [-0.2, -0.15) is 5.21 Å². The maximum Gasteiger partial charge on any atom is 0.191 e. The van der Waals surface area contributed by atoms with Gasteiger partial charge >= 0.3 is 0 Å². The third-order valence-electron chi connectivity index (χ3n) is 6.25. The van der Waals surface area contributed by atoms with Crippen molar-refractivity contribution in [2.24, 2.45) is 23.2 Å². The number of aromatic amines is 1. The van der Waals surface area contributed by atoms with Crippen molar-refractivity contribution in [1.29, 1.82) is 0 Å². The van der Waals surface area contributed by atoms with Crippen LogP contribution in [0.25, 0.3) is 0 Å². The van der Waals surface area contributed by atoms with Crippen molar-refractivity contribution < 1.29 is 0 Å². The van der Waals surface area contributed by atoms with Crippen LogP contribution in [0.4, 0.5) is 0 Å². The van der Waals surface area contributed by atoms with Crippen molar-refractivity contribution in [2.75, 3.05) is 0 Å². The molecule has 0 radical (unpaired) electrons. The molecule has 0 aliphatic heterocycles. The molecule has 0 spiro atoms. The summed E-state index contributed by atoms with van der Waals surface area (Å²) in [6, 6.07) is 0.723. The summed E-state index contributed by atoms with van der Waals surface area (Å²) < 4.78 is 0. The molecule has 0 amide bonds. The van der Waals surface area contributed by atoms with Gasteiger partial charge in [0.15, 0.2) is 5.82 Å². The van der Waals surface area contributed by atoms with Gasteiger partial charge in [-0.25, -0.2) is 0 Å². The molecule has 1 aromatic rings. The maximum absolute atomic E-state index is 4.11. The maximum atomic E-state index is 4.11. The Morgan fingerprint density at radius 3 is 2.20 bits per heavy atom. The number of hydrogen-bond donors (Lipinski definition) is 2. The van der Waals surface area contributed by atoms with Crippen molar-refractivity contribution in [1.82, 2.24) is 25.9 Å². The lowest BCUT2D eigenvalue weighted by atomic mass is 9.48. The van der Waals surface area contributed by atoms with Crippen LogP contribution >= 0.6 is 0 Å². The lowest BCUT2D eigenvalue weighted by molar-refractivity contribution is -0.0720. The van der Waals surface area contributed by atoms with Crippen LogP contribution in [0, 0.1) is 23.2 Å². The highest BCUT2D eigenvalue weighted by atomic mass is 15.5. The third-order valence-corrected chi connectivity index (χ3v) is 6.25. The molecule has 1 aromatic heterocycles. The smallest absolute Gasteiger partial charge is 0.191 e. The van der Waals surface area contributed by atoms with Crippen molar-refractivity contribution in [3.8, 4) is 0 Å². The highest BCUT2D eigenvalue weighted by Gasteiger charge is 2.53. The first-order chi connectivity index (χ1) is 9.64. The van der Waals surface area contributed by atoms with Crippen LogP contribution in [-0.4, -0.2) is 26.7 Å². The summed E-state index contributed by atoms with van der Waals surface area (Å²) in [6.45, 7) is 4.52. The summed E-state index contributed by atoms with van der Waals surface area (Å²) in [5, 5.41) is 18.2. The van der Waals surface area contributed by atoms with E-state index in [-0.39, 0.29) is 6.04 Å². The molecule has 2 atom stereocenters. The summed E-state index contributed by atoms with van der Waals surface area (Å²) in [5.74, 6) is 3.80. The molecule has 4 saturated carbocycles. The number of H-pyrrole nitrogens is 1. The molecule has 20 heavy (non-hydrogen) atoms. The van der Waals surface area contributed by atoms with Crippen LogP contribution in [0.3, 0.4) is 0 Å². The molecule has 4 aliphatic rings. The standard InChI is InChI=1S/C15H25N5/c1-9(14-17-19-20-18-14)16-10(2)15-6-11-3-12(7-15)5-13(4-11)8-15/h9-13,16H,3-8H2,1-2H3,(H,17,18,19,20). The molecule has 4 aliphatic carbocycles. The molecule has 110 valence electrons. The van der Waals surface area contributed by atoms with Gasteiger partial charge in [0.2, 0.25) is 0 Å². The first-order valence-electron chi connectivity index (χ1n) is 8.14. The zero-order valence-electron chi connectivity index (χ0n) is 12.5. The number of hydrogen-bond acceptors (Lipinski definition) is 4. The number of rotatable bonds is 4. The van der Waals surface area contributed by atoms with E-state index in [9.17, 15) is 0 Å². The predicted molar refractivity (Wildman–Crippen MR) is 75.8 cm³/mol. The van der Waals surface area contributed by atoms with Gasteiger partial charge in [-0.05, 0) is 75.5 Å². The molecule has 2 unspecified atom stereocenters. The molecular formula is C15H25N5. The average Bonchev–Trinajstić information content (AvgIpc) is 2.90. The van der Waals surface area contributed by atoms with E-state index < -0.39 is 0 Å². The van der Waals surface area contributed by atoms with E-state index in [1.807, 2.05) is 0 Å². The summed E-state index contributed by atoms with van der Waals surface area (Å²) in [5.41, 5.74) is 0.534. The summed E-state index contributed by atoms with van der Waals surface area (Å²) >= 11 is 0. The normalized spacial score (nSPS) is 41.8. The number of nitrogens with one attached hydrogen (secondary N) is 2. The van der Waals surface area contributed by atoms with E-state index in [0.29, 0.717) is 11.5 Å². The topological polar surface area (TPSA) is 66.5 Å². The average molecular weight is 275 g/mol. The Balaban J connectivity index is 1.49. The first-order valence-corrected chi connectivity index (χ1v) is 8.14. The highest BCUT2D eigenvalue weighted by Crippen LogP contribution is 2.61. The summed E-state index contributed by atoms with van der Waals surface area (Å²) in [4.78, 5) is 0. The van der Waals surface area contributed by atoms with Crippen LogP contribution in [0.5, 0.6) is 0 Å². The second-order valence-electron chi connectivity index (χ2n) is 7.66. The Morgan fingerprint density at radius 1 is 1.10 bits per heavy atom. The van der Waals surface area contributed by atoms with Crippen LogP contribution in [0.15, 0.2) is 0 Å². The van der Waals surface area contributed by atoms with E-state index in [1.165, 1.54) is 38.5 Å². The lowest BCUT2D eigenvalue weighted by Crippen LogP contribution is -2.55. The fraction of sp³-hybridized carbons (Fsp3) is 0.933. The Hall–Kier alpha value is -0.970. The Labute approximate surface area is 120 Å². The van der Waals surface area contributed by atoms with Gasteiger partial charge in [0.05, 0.1) is 6.04 Å². The zero-order chi connectivity index (χ0) is 13.7. The largest absolute Gasteiger partial charge is 0.304 e. The van der Waals surface area contributed by atoms with Gasteiger partial charge in [-0.3, -0.25) is 0 Å². The molecular weight excluding hydrogens is 250 g/mol. The second-order valence-corrected chi connectivity index (χ2v) is 7.66. The van der Waals surface area contributed by atoms with Gasteiger partial charge in [-0.15, -0.1) is 10.2 Å². The molecule has 0 aromatic carbocycles. The fourth-order valence-electron chi connectivity index (χ4n) is 5.69. The first kappa shape index (κ1) is 12.7. The van der Waals surface area contributed by atoms with Gasteiger partial charge in [0, 0.05) is 6.04 Å². The number of aromatic nitrogens is 4. The SMILES string of the molecule is CC(NC(C)C12CC3CC(CC(C3)C1)C2)c1nn[nH]n1. The lowest BCUT2D eigenvalue weighted by Gasteiger charge is -2.59. The second kappa shape index (κ2) is 4.52. The van der Waals surface area contributed by atoms with Crippen LogP contribution < -0.4 is 5.32 Å². The van der Waals surface area contributed by atoms with Crippen molar-refractivity contribution >= 4 is 0 Å². The highest BCUT2D eigenvalue weighted by molar-refractivity contribution is 5.06. The van der Waals surface area contributed by atoms with Crippen LogP contribution in [0.1, 0.15) is 64.2 Å². The minimum Gasteiger partial charge on any atom is -0.304 e. The quantitative estimate of drug-likeness (QED) is 0.886. The predicted octanol–water partition coefficient (Wildman–Crippen LogP) is 2.46. The number of nitrogens with zero attached hydrogens (tertiary/aromatic N) is 3. The van der Waals surface area contributed by atoms with E-state index in [0.717, 1.165) is 23.6 Å². The molecule has 5 rings (SSSR count). The van der Waals surface area contributed by atoms with Crippen molar-refractivity contribution in [3.63, 3.8) is 0 Å². The van der Waals surface area contributed by atoms with E-state index in [4.69, 9.17) is 0 Å². The summed E-state index contributed by atoms with van der Waals surface area (Å²) in [7, 11) is 0. The number of tetrazole rings is 1. The van der Waals surface area contributed by atoms with E-state index in [1.54, 1.807) is 0 Å². The zero-order valence-corrected chi connectivity index (χ0v) is 12.5. The van der Waals surface area contributed by atoms with Crippen LogP contribution in [0.2, 0.25) is 0 Å². The van der Waals surface area contributed by atoms with E-state index in [2.05, 4.69) is 39.8 Å². The monoisotopic (exact) mass is 275 g/mol. The minimum atomic E-state index is 0.178. The Morgan fingerprint density at radius 2 is 1.70 bits per heavy atom. The van der Waals surface area contributed by atoms with Gasteiger partial charge in [0.25, 0.3) is 0 Å². The molecule has 2 N–H and O–H groups in total. The van der Waals surface area contributed by atoms with Gasteiger partial charge in [-0.1, -0.05) is 5.21 Å². The molecule has 5 heteroatoms. The molecule has 5 nitrogen and oxygen atoms in total. The van der Waals surface area contributed by atoms with Crippen LogP contribution in [-0.2, 0) is 0 Å². The fourth-order valence-corrected chi connectivity index (χ4v) is 5.69. The molecule has 0 saturated heterocycles. The molecule has 4 bridgehead atoms. The third kappa shape index (κ3) is 1.98.